The fraction of sp³-hybridized carbons (Fsp3) is 0.500. The molecule has 0 radical (unpaired) electrons. The van der Waals surface area contributed by atoms with Gasteiger partial charge in [0, 0.05) is 19.0 Å². The smallest absolute Gasteiger partial charge is 0.243 e. The van der Waals surface area contributed by atoms with Gasteiger partial charge >= 0.3 is 0 Å². The number of amides is 2. The number of aromatic nitrogens is 1. The Morgan fingerprint density at radius 3 is 2.75 bits per heavy atom. The highest BCUT2D eigenvalue weighted by molar-refractivity contribution is 7.20. The molecule has 32 heavy (non-hydrogen) atoms. The Kier molecular flexibility index (Phi) is 7.79. The Hall–Kier alpha value is -3.01. The summed E-state index contributed by atoms with van der Waals surface area (Å²) < 4.78 is 0.906. The van der Waals surface area contributed by atoms with Crippen molar-refractivity contribution in [3.05, 3.63) is 29.3 Å². The number of thiazole rings is 1. The predicted octanol–water partition coefficient (Wildman–Crippen LogP) is 1.87. The summed E-state index contributed by atoms with van der Waals surface area (Å²) in [5.74, 6) is -0.946. The molecule has 0 aliphatic carbocycles. The number of carbonyl (C=O) groups excluding carboxylic acids is 3. The number of carbonyl (C=O) groups is 3. The van der Waals surface area contributed by atoms with Crippen molar-refractivity contribution in [1.29, 1.82) is 5.41 Å². The van der Waals surface area contributed by atoms with Crippen LogP contribution in [-0.4, -0.2) is 58.6 Å². The first-order valence-corrected chi connectivity index (χ1v) is 11.7. The molecule has 172 valence electrons. The van der Waals surface area contributed by atoms with E-state index in [1.807, 2.05) is 38.1 Å². The van der Waals surface area contributed by atoms with Gasteiger partial charge in [0.2, 0.25) is 17.6 Å². The highest BCUT2D eigenvalue weighted by atomic mass is 32.1. The number of nitrogens with two attached hydrogens (primary N) is 1. The number of para-hydroxylation sites is 1. The number of ketones is 1. The van der Waals surface area contributed by atoms with Crippen molar-refractivity contribution in [3.63, 3.8) is 0 Å². The molecule has 2 aromatic rings. The number of rotatable bonds is 9. The molecular weight excluding hydrogens is 428 g/mol. The highest BCUT2D eigenvalue weighted by Gasteiger charge is 2.36. The van der Waals surface area contributed by atoms with Gasteiger partial charge in [-0.05, 0) is 37.8 Å². The second-order valence-electron chi connectivity index (χ2n) is 8.24. The number of fused-ring (bicyclic) bond motifs is 1. The number of benzene rings is 1. The number of hydrogen-bond acceptors (Lipinski definition) is 6. The average molecular weight is 459 g/mol. The number of Topliss-reactive ketones (excluding diaryl/α,β-unsaturated/α-hetero) is 1. The largest absolute Gasteiger partial charge is 0.370 e. The van der Waals surface area contributed by atoms with Crippen LogP contribution in [0, 0.1) is 11.3 Å². The third-order valence-corrected chi connectivity index (χ3v) is 6.51. The molecule has 3 rings (SSSR count). The van der Waals surface area contributed by atoms with Crippen molar-refractivity contribution in [1.82, 2.24) is 20.5 Å². The molecule has 0 spiro atoms. The third kappa shape index (κ3) is 5.61. The van der Waals surface area contributed by atoms with Gasteiger partial charge in [-0.25, -0.2) is 4.98 Å². The maximum atomic E-state index is 13.3. The van der Waals surface area contributed by atoms with Crippen LogP contribution in [0.2, 0.25) is 0 Å². The lowest BCUT2D eigenvalue weighted by molar-refractivity contribution is -0.140. The minimum absolute atomic E-state index is 0.0534. The second kappa shape index (κ2) is 10.5. The van der Waals surface area contributed by atoms with Gasteiger partial charge in [0.1, 0.15) is 6.04 Å². The van der Waals surface area contributed by atoms with Crippen molar-refractivity contribution < 1.29 is 14.4 Å². The molecule has 10 heteroatoms. The molecule has 0 saturated carbocycles. The molecule has 1 fully saturated rings. The zero-order valence-electron chi connectivity index (χ0n) is 18.4. The van der Waals surface area contributed by atoms with Gasteiger partial charge in [0.25, 0.3) is 0 Å². The molecular formula is C22H30N6O3S. The molecule has 2 amide bonds. The van der Waals surface area contributed by atoms with Crippen LogP contribution in [0.1, 0.15) is 49.3 Å². The number of guanidine groups is 1. The van der Waals surface area contributed by atoms with Crippen molar-refractivity contribution in [2.24, 2.45) is 11.7 Å². The van der Waals surface area contributed by atoms with E-state index in [4.69, 9.17) is 11.1 Å². The van der Waals surface area contributed by atoms with Crippen LogP contribution in [0.25, 0.3) is 10.2 Å². The third-order valence-electron chi connectivity index (χ3n) is 5.46. The summed E-state index contributed by atoms with van der Waals surface area (Å²) >= 11 is 1.30. The topological polar surface area (TPSA) is 141 Å². The van der Waals surface area contributed by atoms with Gasteiger partial charge in [-0.3, -0.25) is 19.8 Å². The summed E-state index contributed by atoms with van der Waals surface area (Å²) in [7, 11) is 0. The van der Waals surface area contributed by atoms with E-state index in [2.05, 4.69) is 15.6 Å². The van der Waals surface area contributed by atoms with Crippen LogP contribution in [-0.2, 0) is 9.59 Å². The van der Waals surface area contributed by atoms with Gasteiger partial charge < -0.3 is 21.3 Å². The van der Waals surface area contributed by atoms with E-state index in [0.29, 0.717) is 37.4 Å². The van der Waals surface area contributed by atoms with E-state index in [0.717, 1.165) is 16.6 Å². The normalized spacial score (nSPS) is 16.8. The van der Waals surface area contributed by atoms with Gasteiger partial charge in [-0.1, -0.05) is 26.0 Å². The summed E-state index contributed by atoms with van der Waals surface area (Å²) in [5.41, 5.74) is 6.07. The van der Waals surface area contributed by atoms with E-state index in [-0.39, 0.29) is 29.5 Å². The van der Waals surface area contributed by atoms with Crippen LogP contribution in [0.15, 0.2) is 24.3 Å². The van der Waals surface area contributed by atoms with Crippen molar-refractivity contribution in [2.45, 2.75) is 51.6 Å². The zero-order chi connectivity index (χ0) is 23.3. The monoisotopic (exact) mass is 458 g/mol. The van der Waals surface area contributed by atoms with Crippen molar-refractivity contribution >= 4 is 45.1 Å². The second-order valence-corrected chi connectivity index (χ2v) is 9.27. The van der Waals surface area contributed by atoms with Gasteiger partial charge in [-0.15, -0.1) is 11.3 Å². The number of likely N-dealkylation sites (tertiary alicyclic amines) is 1. The van der Waals surface area contributed by atoms with Crippen LogP contribution >= 0.6 is 11.3 Å². The molecule has 2 heterocycles. The zero-order valence-corrected chi connectivity index (χ0v) is 19.2. The lowest BCUT2D eigenvalue weighted by atomic mass is 10.1. The van der Waals surface area contributed by atoms with E-state index in [1.54, 1.807) is 4.90 Å². The van der Waals surface area contributed by atoms with E-state index >= 15 is 0 Å². The van der Waals surface area contributed by atoms with Crippen LogP contribution < -0.4 is 16.4 Å². The fourth-order valence-electron chi connectivity index (χ4n) is 3.83. The first-order chi connectivity index (χ1) is 15.3. The van der Waals surface area contributed by atoms with Gasteiger partial charge in [0.05, 0.1) is 16.3 Å². The SMILES string of the molecule is CC(C)C(=O)N1CCC[C@H]1C(=O)NC(CCCNC(=N)N)C(=O)c1nc2ccccc2s1. The minimum Gasteiger partial charge on any atom is -0.370 e. The molecule has 1 saturated heterocycles. The maximum Gasteiger partial charge on any atom is 0.243 e. The molecule has 1 aromatic carbocycles. The molecule has 1 aromatic heterocycles. The first-order valence-electron chi connectivity index (χ1n) is 10.9. The fourth-order valence-corrected chi connectivity index (χ4v) is 4.79. The number of nitrogens with zero attached hydrogens (tertiary/aromatic N) is 2. The van der Waals surface area contributed by atoms with Gasteiger partial charge in [-0.2, -0.15) is 0 Å². The number of hydrogen-bond donors (Lipinski definition) is 4. The standard InChI is InChI=1S/C22H30N6O3S/c1-13(2)21(31)28-12-6-9-16(28)19(30)26-15(8-5-11-25-22(23)24)18(29)20-27-14-7-3-4-10-17(14)32-20/h3-4,7,10,13,15-16H,5-6,8-9,11-12H2,1-2H3,(H,26,30)(H4,23,24,25)/t15?,16-/m0/s1. The molecule has 1 aliphatic heterocycles. The lowest BCUT2D eigenvalue weighted by Crippen LogP contribution is -2.51. The summed E-state index contributed by atoms with van der Waals surface area (Å²) in [6.45, 7) is 4.60. The van der Waals surface area contributed by atoms with Crippen molar-refractivity contribution in [2.75, 3.05) is 13.1 Å². The molecule has 0 bridgehead atoms. The molecule has 2 atom stereocenters. The number of nitrogens with one attached hydrogen (secondary N) is 3. The molecule has 1 aliphatic rings. The Morgan fingerprint density at radius 2 is 2.06 bits per heavy atom. The van der Waals surface area contributed by atoms with Crippen LogP contribution in [0.5, 0.6) is 0 Å². The first kappa shape index (κ1) is 23.6. The van der Waals surface area contributed by atoms with E-state index < -0.39 is 12.1 Å². The summed E-state index contributed by atoms with van der Waals surface area (Å²) in [6.07, 6.45) is 2.24. The predicted molar refractivity (Wildman–Crippen MR) is 125 cm³/mol. The lowest BCUT2D eigenvalue weighted by Gasteiger charge is -2.27. The summed E-state index contributed by atoms with van der Waals surface area (Å²) in [5, 5.41) is 13.2. The minimum atomic E-state index is -0.770. The molecule has 5 N–H and O–H groups in total. The summed E-state index contributed by atoms with van der Waals surface area (Å²) in [6, 6.07) is 6.17. The Labute approximate surface area is 191 Å². The van der Waals surface area contributed by atoms with Crippen LogP contribution in [0.4, 0.5) is 0 Å². The maximum absolute atomic E-state index is 13.3. The summed E-state index contributed by atoms with van der Waals surface area (Å²) in [4.78, 5) is 45.0. The van der Waals surface area contributed by atoms with E-state index in [9.17, 15) is 14.4 Å². The van der Waals surface area contributed by atoms with Crippen LogP contribution in [0.3, 0.4) is 0 Å². The highest BCUT2D eigenvalue weighted by Crippen LogP contribution is 2.24. The van der Waals surface area contributed by atoms with Crippen molar-refractivity contribution in [3.8, 4) is 0 Å². The van der Waals surface area contributed by atoms with Gasteiger partial charge in [0.15, 0.2) is 11.0 Å². The average Bonchev–Trinajstić information content (AvgIpc) is 3.41. The quantitative estimate of drug-likeness (QED) is 0.196. The molecule has 1 unspecified atom stereocenters. The Balaban J connectivity index is 1.75. The molecule has 9 nitrogen and oxygen atoms in total. The Morgan fingerprint density at radius 1 is 1.31 bits per heavy atom. The Bertz CT molecular complexity index is 971. The van der Waals surface area contributed by atoms with E-state index in [1.165, 1.54) is 11.3 Å².